The number of carbonyl (C=O) groups excluding carboxylic acids is 2. The van der Waals surface area contributed by atoms with Crippen molar-refractivity contribution in [2.45, 2.75) is 17.9 Å². The van der Waals surface area contributed by atoms with Crippen LogP contribution in [0.25, 0.3) is 10.9 Å². The zero-order chi connectivity index (χ0) is 22.8. The van der Waals surface area contributed by atoms with Crippen LogP contribution in [0.2, 0.25) is 5.02 Å². The number of amides is 2. The molecule has 0 saturated carbocycles. The predicted molar refractivity (Wildman–Crippen MR) is 125 cm³/mol. The molecule has 2 atom stereocenters. The minimum atomic E-state index is -0.710. The topological polar surface area (TPSA) is 124 Å². The van der Waals surface area contributed by atoms with Gasteiger partial charge in [0.15, 0.2) is 5.69 Å². The number of nitrogens with one attached hydrogen (secondary N) is 2. The zero-order valence-corrected chi connectivity index (χ0v) is 18.8. The summed E-state index contributed by atoms with van der Waals surface area (Å²) in [6.07, 6.45) is -0.311. The SMILES string of the molecule is CNC(=O)c1n[nH]c2cc([C@@H]3SC=C(C(N)=O)N3CCC(O)c3ccc(Cl)cc3)ccc12. The molecule has 3 aromatic rings. The zero-order valence-electron chi connectivity index (χ0n) is 17.2. The van der Waals surface area contributed by atoms with Crippen LogP contribution in [0.15, 0.2) is 53.6 Å². The van der Waals surface area contributed by atoms with Crippen molar-refractivity contribution in [3.63, 3.8) is 0 Å². The number of aliphatic hydroxyl groups excluding tert-OH is 1. The van der Waals surface area contributed by atoms with E-state index in [1.165, 1.54) is 11.8 Å². The van der Waals surface area contributed by atoms with E-state index in [0.29, 0.717) is 34.8 Å². The second kappa shape index (κ2) is 9.23. The number of thioether (sulfide) groups is 1. The van der Waals surface area contributed by atoms with E-state index < -0.39 is 12.0 Å². The summed E-state index contributed by atoms with van der Waals surface area (Å²) in [7, 11) is 1.56. The Labute approximate surface area is 193 Å². The van der Waals surface area contributed by atoms with E-state index in [1.807, 2.05) is 23.1 Å². The summed E-state index contributed by atoms with van der Waals surface area (Å²) in [6, 6.07) is 12.7. The Balaban J connectivity index is 1.56. The third-order valence-corrected chi connectivity index (χ3v) is 6.76. The van der Waals surface area contributed by atoms with Crippen LogP contribution in [-0.4, -0.2) is 45.6 Å². The first-order valence-electron chi connectivity index (χ1n) is 9.94. The molecule has 0 radical (unpaired) electrons. The minimum Gasteiger partial charge on any atom is -0.388 e. The molecule has 1 unspecified atom stereocenters. The van der Waals surface area contributed by atoms with E-state index in [0.717, 1.165) is 16.6 Å². The molecular weight excluding hydrogens is 450 g/mol. The van der Waals surface area contributed by atoms with E-state index in [2.05, 4.69) is 15.5 Å². The van der Waals surface area contributed by atoms with Gasteiger partial charge in [-0.05, 0) is 41.8 Å². The highest BCUT2D eigenvalue weighted by Gasteiger charge is 2.31. The number of nitrogens with zero attached hydrogens (tertiary/aromatic N) is 2. The van der Waals surface area contributed by atoms with Crippen LogP contribution in [-0.2, 0) is 4.79 Å². The van der Waals surface area contributed by atoms with Crippen molar-refractivity contribution in [3.8, 4) is 0 Å². The van der Waals surface area contributed by atoms with Gasteiger partial charge in [0.05, 0.1) is 11.6 Å². The Morgan fingerprint density at radius 2 is 2.06 bits per heavy atom. The fraction of sp³-hybridized carbons (Fsp3) is 0.227. The standard InChI is InChI=1S/C22H22ClN5O3S/c1-25-21(31)19-15-7-4-13(10-16(15)26-27-19)22-28(17(11-32-22)20(24)30)9-8-18(29)12-2-5-14(23)6-3-12/h2-7,10-11,18,22,29H,8-9H2,1H3,(H2,24,30)(H,25,31)(H,26,27)/t18?,22-/m0/s1. The predicted octanol–water partition coefficient (Wildman–Crippen LogP) is 3.07. The van der Waals surface area contributed by atoms with E-state index >= 15 is 0 Å². The van der Waals surface area contributed by atoms with Crippen LogP contribution in [0.1, 0.15) is 39.5 Å². The maximum Gasteiger partial charge on any atom is 0.272 e. The number of aromatic amines is 1. The molecule has 1 aliphatic heterocycles. The number of benzene rings is 2. The Morgan fingerprint density at radius 1 is 1.31 bits per heavy atom. The fourth-order valence-electron chi connectivity index (χ4n) is 3.69. The Hall–Kier alpha value is -3.01. The second-order valence-corrected chi connectivity index (χ2v) is 8.75. The molecule has 1 aliphatic rings. The lowest BCUT2D eigenvalue weighted by Crippen LogP contribution is -2.31. The highest BCUT2D eigenvalue weighted by Crippen LogP contribution is 2.43. The molecule has 32 heavy (non-hydrogen) atoms. The van der Waals surface area contributed by atoms with Crippen molar-refractivity contribution >= 4 is 46.1 Å². The summed E-state index contributed by atoms with van der Waals surface area (Å²) in [5.74, 6) is -0.791. The molecule has 0 aliphatic carbocycles. The normalized spacial score (nSPS) is 16.8. The maximum absolute atomic E-state index is 12.0. The molecule has 10 heteroatoms. The summed E-state index contributed by atoms with van der Waals surface area (Å²) < 4.78 is 0. The molecule has 0 saturated heterocycles. The monoisotopic (exact) mass is 471 g/mol. The van der Waals surface area contributed by atoms with Gasteiger partial charge in [0.1, 0.15) is 11.1 Å². The number of halogens is 1. The number of rotatable bonds is 7. The molecule has 1 aromatic heterocycles. The van der Waals surface area contributed by atoms with E-state index in [4.69, 9.17) is 17.3 Å². The Kier molecular flexibility index (Phi) is 6.40. The first-order chi connectivity index (χ1) is 15.4. The van der Waals surface area contributed by atoms with Gasteiger partial charge in [-0.15, -0.1) is 11.8 Å². The Bertz CT molecular complexity index is 1190. The molecule has 5 N–H and O–H groups in total. The minimum absolute atomic E-state index is 0.203. The van der Waals surface area contributed by atoms with Gasteiger partial charge in [-0.3, -0.25) is 14.7 Å². The fourth-order valence-corrected chi connectivity index (χ4v) is 4.99. The molecule has 2 amide bonds. The smallest absolute Gasteiger partial charge is 0.272 e. The van der Waals surface area contributed by atoms with Gasteiger partial charge in [-0.25, -0.2) is 0 Å². The molecule has 0 bridgehead atoms. The number of hydrogen-bond acceptors (Lipinski definition) is 6. The molecule has 0 spiro atoms. The number of hydrogen-bond donors (Lipinski definition) is 4. The molecule has 0 fully saturated rings. The highest BCUT2D eigenvalue weighted by atomic mass is 35.5. The van der Waals surface area contributed by atoms with Gasteiger partial charge in [0, 0.05) is 29.4 Å². The van der Waals surface area contributed by atoms with Crippen molar-refractivity contribution in [1.29, 1.82) is 0 Å². The average molecular weight is 472 g/mol. The van der Waals surface area contributed by atoms with Crippen molar-refractivity contribution in [2.24, 2.45) is 5.73 Å². The first-order valence-corrected chi connectivity index (χ1v) is 11.3. The van der Waals surface area contributed by atoms with E-state index in [-0.39, 0.29) is 11.3 Å². The van der Waals surface area contributed by atoms with Gasteiger partial charge in [0.25, 0.3) is 11.8 Å². The quantitative estimate of drug-likeness (QED) is 0.419. The van der Waals surface area contributed by atoms with Crippen LogP contribution in [0, 0.1) is 0 Å². The molecule has 8 nitrogen and oxygen atoms in total. The second-order valence-electron chi connectivity index (χ2n) is 7.36. The molecular formula is C22H22ClN5O3S. The summed E-state index contributed by atoms with van der Waals surface area (Å²) >= 11 is 7.39. The largest absolute Gasteiger partial charge is 0.388 e. The average Bonchev–Trinajstić information content (AvgIpc) is 3.41. The lowest BCUT2D eigenvalue weighted by Gasteiger charge is -2.29. The van der Waals surface area contributed by atoms with Crippen molar-refractivity contribution in [2.75, 3.05) is 13.6 Å². The van der Waals surface area contributed by atoms with Crippen LogP contribution in [0.3, 0.4) is 0 Å². The number of fused-ring (bicyclic) bond motifs is 1. The van der Waals surface area contributed by atoms with Crippen LogP contribution in [0.4, 0.5) is 0 Å². The van der Waals surface area contributed by atoms with Gasteiger partial charge >= 0.3 is 0 Å². The van der Waals surface area contributed by atoms with Crippen LogP contribution in [0.5, 0.6) is 0 Å². The lowest BCUT2D eigenvalue weighted by atomic mass is 10.1. The van der Waals surface area contributed by atoms with Crippen molar-refractivity contribution in [3.05, 3.63) is 75.4 Å². The number of nitrogens with two attached hydrogens (primary N) is 1. The van der Waals surface area contributed by atoms with Gasteiger partial charge in [-0.2, -0.15) is 5.10 Å². The first kappa shape index (κ1) is 22.2. The van der Waals surface area contributed by atoms with Gasteiger partial charge < -0.3 is 21.1 Å². The number of primary amides is 1. The van der Waals surface area contributed by atoms with Crippen LogP contribution < -0.4 is 11.1 Å². The van der Waals surface area contributed by atoms with Gasteiger partial charge in [0.2, 0.25) is 0 Å². The van der Waals surface area contributed by atoms with E-state index in [9.17, 15) is 14.7 Å². The van der Waals surface area contributed by atoms with Crippen LogP contribution >= 0.6 is 23.4 Å². The number of aliphatic hydroxyl groups is 1. The molecule has 2 heterocycles. The summed E-state index contributed by atoms with van der Waals surface area (Å²) in [4.78, 5) is 25.9. The van der Waals surface area contributed by atoms with Gasteiger partial charge in [-0.1, -0.05) is 29.8 Å². The summed E-state index contributed by atoms with van der Waals surface area (Å²) in [5, 5.41) is 23.0. The molecule has 4 rings (SSSR count). The van der Waals surface area contributed by atoms with Crippen molar-refractivity contribution in [1.82, 2.24) is 20.4 Å². The Morgan fingerprint density at radius 3 is 2.75 bits per heavy atom. The number of aromatic nitrogens is 2. The third kappa shape index (κ3) is 4.32. The maximum atomic E-state index is 12.0. The summed E-state index contributed by atoms with van der Waals surface area (Å²) in [5.41, 5.74) is 8.72. The summed E-state index contributed by atoms with van der Waals surface area (Å²) in [6.45, 7) is 0.417. The molecule has 166 valence electrons. The third-order valence-electron chi connectivity index (χ3n) is 5.37. The molecule has 2 aromatic carbocycles. The number of carbonyl (C=O) groups is 2. The van der Waals surface area contributed by atoms with Crippen molar-refractivity contribution < 1.29 is 14.7 Å². The van der Waals surface area contributed by atoms with E-state index in [1.54, 1.807) is 36.7 Å². The highest BCUT2D eigenvalue weighted by molar-refractivity contribution is 8.02. The lowest BCUT2D eigenvalue weighted by molar-refractivity contribution is -0.116. The number of H-pyrrole nitrogens is 1.